The van der Waals surface area contributed by atoms with E-state index in [4.69, 9.17) is 0 Å². The molecule has 1 aromatic heterocycles. The lowest BCUT2D eigenvalue weighted by Crippen LogP contribution is -2.48. The Morgan fingerprint density at radius 1 is 1.22 bits per heavy atom. The fourth-order valence-electron chi connectivity index (χ4n) is 2.36. The maximum absolute atomic E-state index is 4.36. The summed E-state index contributed by atoms with van der Waals surface area (Å²) in [5.74, 6) is 0.934. The van der Waals surface area contributed by atoms with Crippen LogP contribution in [-0.2, 0) is 6.54 Å². The van der Waals surface area contributed by atoms with E-state index in [1.54, 1.807) is 0 Å². The van der Waals surface area contributed by atoms with Crippen molar-refractivity contribution in [2.75, 3.05) is 38.5 Å². The first-order valence-electron chi connectivity index (χ1n) is 6.78. The van der Waals surface area contributed by atoms with Crippen LogP contribution >= 0.6 is 0 Å². The van der Waals surface area contributed by atoms with E-state index in [2.05, 4.69) is 40.0 Å². The molecule has 0 unspecified atom stereocenters. The fraction of sp³-hybridized carbons (Fsp3) is 0.643. The molecule has 1 N–H and O–H groups in total. The first kappa shape index (κ1) is 13.3. The summed E-state index contributed by atoms with van der Waals surface area (Å²) in [6.45, 7) is 10.2. The number of hydrogen-bond acceptors (Lipinski definition) is 4. The third-order valence-electron chi connectivity index (χ3n) is 3.62. The summed E-state index contributed by atoms with van der Waals surface area (Å²) in [4.78, 5) is 9.41. The van der Waals surface area contributed by atoms with Crippen molar-refractivity contribution in [3.8, 4) is 0 Å². The SMILES string of the molecule is CNc1ccc(CN2CCN(C(C)C)CC2)cn1. The van der Waals surface area contributed by atoms with Gasteiger partial charge in [0.05, 0.1) is 0 Å². The Balaban J connectivity index is 1.83. The standard InChI is InChI=1S/C14H24N4/c1-12(2)18-8-6-17(7-9-18)11-13-4-5-14(15-3)16-10-13/h4-5,10,12H,6-9,11H2,1-3H3,(H,15,16). The van der Waals surface area contributed by atoms with Gasteiger partial charge in [-0.05, 0) is 25.5 Å². The molecule has 0 atom stereocenters. The molecule has 0 radical (unpaired) electrons. The van der Waals surface area contributed by atoms with E-state index in [1.807, 2.05) is 19.3 Å². The molecule has 0 saturated carbocycles. The van der Waals surface area contributed by atoms with Gasteiger partial charge >= 0.3 is 0 Å². The van der Waals surface area contributed by atoms with Gasteiger partial charge in [-0.15, -0.1) is 0 Å². The Labute approximate surface area is 110 Å². The average molecular weight is 248 g/mol. The highest BCUT2D eigenvalue weighted by Crippen LogP contribution is 2.11. The molecule has 0 spiro atoms. The monoisotopic (exact) mass is 248 g/mol. The maximum Gasteiger partial charge on any atom is 0.125 e. The number of anilines is 1. The van der Waals surface area contributed by atoms with Gasteiger partial charge in [-0.1, -0.05) is 6.07 Å². The summed E-state index contributed by atoms with van der Waals surface area (Å²) < 4.78 is 0. The van der Waals surface area contributed by atoms with Crippen LogP contribution < -0.4 is 5.32 Å². The average Bonchev–Trinajstić information content (AvgIpc) is 2.40. The van der Waals surface area contributed by atoms with Crippen molar-refractivity contribution in [1.82, 2.24) is 14.8 Å². The van der Waals surface area contributed by atoms with Gasteiger partial charge in [-0.2, -0.15) is 0 Å². The lowest BCUT2D eigenvalue weighted by molar-refractivity contribution is 0.104. The molecular weight excluding hydrogens is 224 g/mol. The van der Waals surface area contributed by atoms with Crippen molar-refractivity contribution in [3.05, 3.63) is 23.9 Å². The second-order valence-corrected chi connectivity index (χ2v) is 5.21. The molecule has 0 amide bonds. The lowest BCUT2D eigenvalue weighted by atomic mass is 10.2. The molecule has 0 aliphatic carbocycles. The van der Waals surface area contributed by atoms with Crippen molar-refractivity contribution >= 4 is 5.82 Å². The number of pyridine rings is 1. The lowest BCUT2D eigenvalue weighted by Gasteiger charge is -2.36. The Bertz CT molecular complexity index is 353. The van der Waals surface area contributed by atoms with Crippen LogP contribution in [0.2, 0.25) is 0 Å². The van der Waals surface area contributed by atoms with Crippen molar-refractivity contribution in [2.45, 2.75) is 26.4 Å². The Morgan fingerprint density at radius 2 is 1.94 bits per heavy atom. The second-order valence-electron chi connectivity index (χ2n) is 5.21. The Morgan fingerprint density at radius 3 is 2.44 bits per heavy atom. The molecule has 1 aliphatic rings. The molecule has 100 valence electrons. The number of piperazine rings is 1. The Hall–Kier alpha value is -1.13. The van der Waals surface area contributed by atoms with Gasteiger partial charge in [0.15, 0.2) is 0 Å². The van der Waals surface area contributed by atoms with Crippen LogP contribution in [0.4, 0.5) is 5.82 Å². The normalized spacial score (nSPS) is 18.2. The molecule has 0 aromatic carbocycles. The topological polar surface area (TPSA) is 31.4 Å². The largest absolute Gasteiger partial charge is 0.373 e. The minimum atomic E-state index is 0.670. The van der Waals surface area contributed by atoms with E-state index in [0.29, 0.717) is 6.04 Å². The van der Waals surface area contributed by atoms with Gasteiger partial charge in [-0.3, -0.25) is 9.80 Å². The highest BCUT2D eigenvalue weighted by Gasteiger charge is 2.18. The van der Waals surface area contributed by atoms with Crippen LogP contribution in [0, 0.1) is 0 Å². The van der Waals surface area contributed by atoms with E-state index in [0.717, 1.165) is 25.5 Å². The van der Waals surface area contributed by atoms with Gasteiger partial charge in [-0.25, -0.2) is 4.98 Å². The predicted octanol–water partition coefficient (Wildman–Crippen LogP) is 1.65. The zero-order chi connectivity index (χ0) is 13.0. The van der Waals surface area contributed by atoms with Gasteiger partial charge in [0, 0.05) is 52.0 Å². The van der Waals surface area contributed by atoms with Crippen LogP contribution in [0.15, 0.2) is 18.3 Å². The molecule has 4 nitrogen and oxygen atoms in total. The quantitative estimate of drug-likeness (QED) is 0.878. The van der Waals surface area contributed by atoms with E-state index in [-0.39, 0.29) is 0 Å². The van der Waals surface area contributed by atoms with Crippen molar-refractivity contribution < 1.29 is 0 Å². The van der Waals surface area contributed by atoms with Crippen LogP contribution in [-0.4, -0.2) is 54.1 Å². The van der Waals surface area contributed by atoms with Crippen LogP contribution in [0.5, 0.6) is 0 Å². The molecule has 2 heterocycles. The summed E-state index contributed by atoms with van der Waals surface area (Å²) in [5, 5.41) is 3.04. The second kappa shape index (κ2) is 6.16. The summed E-state index contributed by atoms with van der Waals surface area (Å²) in [6.07, 6.45) is 1.97. The number of rotatable bonds is 4. The van der Waals surface area contributed by atoms with E-state index < -0.39 is 0 Å². The molecule has 1 aromatic rings. The summed E-state index contributed by atoms with van der Waals surface area (Å²) in [6, 6.07) is 4.87. The summed E-state index contributed by atoms with van der Waals surface area (Å²) in [7, 11) is 1.90. The molecule has 18 heavy (non-hydrogen) atoms. The van der Waals surface area contributed by atoms with Crippen molar-refractivity contribution in [3.63, 3.8) is 0 Å². The van der Waals surface area contributed by atoms with Crippen LogP contribution in [0.1, 0.15) is 19.4 Å². The first-order chi connectivity index (χ1) is 8.69. The molecule has 1 fully saturated rings. The van der Waals surface area contributed by atoms with E-state index >= 15 is 0 Å². The Kier molecular flexibility index (Phi) is 4.55. The number of nitrogens with zero attached hydrogens (tertiary/aromatic N) is 3. The van der Waals surface area contributed by atoms with E-state index in [9.17, 15) is 0 Å². The third-order valence-corrected chi connectivity index (χ3v) is 3.62. The molecule has 1 aliphatic heterocycles. The van der Waals surface area contributed by atoms with Gasteiger partial charge < -0.3 is 5.32 Å². The minimum Gasteiger partial charge on any atom is -0.373 e. The smallest absolute Gasteiger partial charge is 0.125 e. The number of nitrogens with one attached hydrogen (secondary N) is 1. The van der Waals surface area contributed by atoms with Crippen molar-refractivity contribution in [2.24, 2.45) is 0 Å². The van der Waals surface area contributed by atoms with E-state index in [1.165, 1.54) is 18.7 Å². The summed E-state index contributed by atoms with van der Waals surface area (Å²) >= 11 is 0. The van der Waals surface area contributed by atoms with Gasteiger partial charge in [0.2, 0.25) is 0 Å². The number of aromatic nitrogens is 1. The van der Waals surface area contributed by atoms with Gasteiger partial charge in [0.25, 0.3) is 0 Å². The third kappa shape index (κ3) is 3.43. The molecule has 4 heteroatoms. The maximum atomic E-state index is 4.36. The zero-order valence-corrected chi connectivity index (χ0v) is 11.7. The minimum absolute atomic E-state index is 0.670. The molecule has 0 bridgehead atoms. The fourth-order valence-corrected chi connectivity index (χ4v) is 2.36. The van der Waals surface area contributed by atoms with Crippen LogP contribution in [0.3, 0.4) is 0 Å². The first-order valence-corrected chi connectivity index (χ1v) is 6.78. The molecule has 2 rings (SSSR count). The number of hydrogen-bond donors (Lipinski definition) is 1. The molecule has 1 saturated heterocycles. The molecular formula is C14H24N4. The highest BCUT2D eigenvalue weighted by atomic mass is 15.3. The van der Waals surface area contributed by atoms with Crippen molar-refractivity contribution in [1.29, 1.82) is 0 Å². The summed E-state index contributed by atoms with van der Waals surface area (Å²) in [5.41, 5.74) is 1.30. The van der Waals surface area contributed by atoms with Gasteiger partial charge in [0.1, 0.15) is 5.82 Å². The predicted molar refractivity (Wildman–Crippen MR) is 75.8 cm³/mol. The zero-order valence-electron chi connectivity index (χ0n) is 11.7. The highest BCUT2D eigenvalue weighted by molar-refractivity contribution is 5.34. The van der Waals surface area contributed by atoms with Crippen LogP contribution in [0.25, 0.3) is 0 Å².